The van der Waals surface area contributed by atoms with Crippen LogP contribution in [-0.2, 0) is 9.53 Å². The Labute approximate surface area is 192 Å². The number of hydrogen-bond acceptors (Lipinski definition) is 2. The van der Waals surface area contributed by atoms with Crippen LogP contribution in [0.1, 0.15) is 86.0 Å². The van der Waals surface area contributed by atoms with Crippen molar-refractivity contribution in [3.05, 3.63) is 72.9 Å². The van der Waals surface area contributed by atoms with E-state index in [2.05, 4.69) is 86.8 Å². The highest BCUT2D eigenvalue weighted by Crippen LogP contribution is 2.17. The van der Waals surface area contributed by atoms with Crippen molar-refractivity contribution >= 4 is 5.97 Å². The lowest BCUT2D eigenvalue weighted by atomic mass is 9.97. The van der Waals surface area contributed by atoms with Gasteiger partial charge in [0.15, 0.2) is 0 Å². The second kappa shape index (κ2) is 19.8. The number of rotatable bonds is 16. The molecule has 0 radical (unpaired) electrons. The lowest BCUT2D eigenvalue weighted by molar-refractivity contribution is -0.154. The molecule has 0 aromatic carbocycles. The molecule has 0 aliphatic rings. The van der Waals surface area contributed by atoms with Gasteiger partial charge in [-0.15, -0.1) is 0 Å². The molecule has 0 aromatic heterocycles. The van der Waals surface area contributed by atoms with Crippen molar-refractivity contribution < 1.29 is 9.53 Å². The maximum absolute atomic E-state index is 11.9. The Bertz CT molecular complexity index is 609. The number of ether oxygens (including phenoxy) is 1. The second-order valence-electron chi connectivity index (χ2n) is 8.77. The van der Waals surface area contributed by atoms with Gasteiger partial charge in [-0.25, -0.2) is 0 Å². The Hall–Kier alpha value is -2.09. The quantitative estimate of drug-likeness (QED) is 0.182. The molecule has 0 bridgehead atoms. The Balaban J connectivity index is 3.82. The summed E-state index contributed by atoms with van der Waals surface area (Å²) < 4.78 is 5.44. The minimum atomic E-state index is -0.424. The minimum absolute atomic E-state index is 0.117. The highest BCUT2D eigenvalue weighted by molar-refractivity contribution is 5.75. The molecule has 1 unspecified atom stereocenters. The SMILES string of the molecule is CC/C=C\C/C=C\C/C=C\C/C=C\C/C=C\C/C=C\CC(CC)COC(=O)C(C)(C)C. The first-order valence-corrected chi connectivity index (χ1v) is 12.0. The van der Waals surface area contributed by atoms with E-state index < -0.39 is 5.41 Å². The highest BCUT2D eigenvalue weighted by Gasteiger charge is 2.23. The summed E-state index contributed by atoms with van der Waals surface area (Å²) in [5, 5.41) is 0. The summed E-state index contributed by atoms with van der Waals surface area (Å²) in [7, 11) is 0. The maximum Gasteiger partial charge on any atom is 0.311 e. The van der Waals surface area contributed by atoms with Crippen LogP contribution in [0.3, 0.4) is 0 Å². The molecular weight excluding hydrogens is 380 g/mol. The Morgan fingerprint density at radius 2 is 1.06 bits per heavy atom. The van der Waals surface area contributed by atoms with Gasteiger partial charge in [-0.1, -0.05) is 86.8 Å². The van der Waals surface area contributed by atoms with Gasteiger partial charge in [-0.3, -0.25) is 4.79 Å². The normalized spacial score (nSPS) is 14.4. The zero-order valence-corrected chi connectivity index (χ0v) is 20.7. The van der Waals surface area contributed by atoms with Crippen LogP contribution in [0.2, 0.25) is 0 Å². The minimum Gasteiger partial charge on any atom is -0.465 e. The number of esters is 1. The van der Waals surface area contributed by atoms with Gasteiger partial charge in [0.2, 0.25) is 0 Å². The largest absolute Gasteiger partial charge is 0.465 e. The van der Waals surface area contributed by atoms with E-state index >= 15 is 0 Å². The molecule has 0 heterocycles. The zero-order valence-electron chi connectivity index (χ0n) is 20.7. The van der Waals surface area contributed by atoms with E-state index in [0.29, 0.717) is 12.5 Å². The first-order valence-electron chi connectivity index (χ1n) is 12.0. The maximum atomic E-state index is 11.9. The van der Waals surface area contributed by atoms with Crippen molar-refractivity contribution in [1.82, 2.24) is 0 Å². The summed E-state index contributed by atoms with van der Waals surface area (Å²) in [4.78, 5) is 11.9. The fourth-order valence-corrected chi connectivity index (χ4v) is 2.57. The third-order valence-corrected chi connectivity index (χ3v) is 4.71. The van der Waals surface area contributed by atoms with Crippen molar-refractivity contribution in [2.24, 2.45) is 11.3 Å². The summed E-state index contributed by atoms with van der Waals surface area (Å²) in [6.07, 6.45) is 34.6. The van der Waals surface area contributed by atoms with E-state index in [0.717, 1.165) is 51.4 Å². The molecule has 2 heteroatoms. The molecule has 0 amide bonds. The van der Waals surface area contributed by atoms with Crippen LogP contribution >= 0.6 is 0 Å². The third kappa shape index (κ3) is 19.6. The molecule has 174 valence electrons. The van der Waals surface area contributed by atoms with Crippen molar-refractivity contribution in [3.8, 4) is 0 Å². The summed E-state index contributed by atoms with van der Waals surface area (Å²) in [5.74, 6) is 0.282. The Morgan fingerprint density at radius 1 is 0.677 bits per heavy atom. The van der Waals surface area contributed by atoms with E-state index in [4.69, 9.17) is 4.74 Å². The molecule has 0 saturated heterocycles. The van der Waals surface area contributed by atoms with Crippen molar-refractivity contribution in [3.63, 3.8) is 0 Å². The van der Waals surface area contributed by atoms with E-state index in [1.807, 2.05) is 20.8 Å². The Kier molecular flexibility index (Phi) is 18.5. The van der Waals surface area contributed by atoms with Gasteiger partial charge in [0.25, 0.3) is 0 Å². The molecule has 0 aromatic rings. The summed E-state index contributed by atoms with van der Waals surface area (Å²) >= 11 is 0. The van der Waals surface area contributed by atoms with Crippen LogP contribution in [0, 0.1) is 11.3 Å². The van der Waals surface area contributed by atoms with Gasteiger partial charge in [-0.2, -0.15) is 0 Å². The fraction of sp³-hybridized carbons (Fsp3) is 0.552. The molecular formula is C29H46O2. The predicted molar refractivity (Wildman–Crippen MR) is 137 cm³/mol. The van der Waals surface area contributed by atoms with Crippen molar-refractivity contribution in [2.45, 2.75) is 86.0 Å². The van der Waals surface area contributed by atoms with Gasteiger partial charge < -0.3 is 4.74 Å². The smallest absolute Gasteiger partial charge is 0.311 e. The topological polar surface area (TPSA) is 26.3 Å². The number of hydrogen-bond donors (Lipinski definition) is 0. The fourth-order valence-electron chi connectivity index (χ4n) is 2.57. The predicted octanol–water partition coefficient (Wildman–Crippen LogP) is 8.69. The van der Waals surface area contributed by atoms with Crippen LogP contribution in [0.4, 0.5) is 0 Å². The summed E-state index contributed by atoms with van der Waals surface area (Å²) in [5.41, 5.74) is -0.424. The zero-order chi connectivity index (χ0) is 23.2. The van der Waals surface area contributed by atoms with Crippen molar-refractivity contribution in [2.75, 3.05) is 6.61 Å². The van der Waals surface area contributed by atoms with Gasteiger partial charge in [0, 0.05) is 0 Å². The van der Waals surface area contributed by atoms with Crippen LogP contribution in [-0.4, -0.2) is 12.6 Å². The van der Waals surface area contributed by atoms with E-state index in [1.165, 1.54) is 0 Å². The lowest BCUT2D eigenvalue weighted by Crippen LogP contribution is -2.25. The molecule has 0 spiro atoms. The number of carbonyl (C=O) groups is 1. The molecule has 0 fully saturated rings. The first-order chi connectivity index (χ1) is 14.9. The molecule has 0 rings (SSSR count). The molecule has 0 saturated carbocycles. The van der Waals surface area contributed by atoms with E-state index in [9.17, 15) is 4.79 Å². The average Bonchev–Trinajstić information content (AvgIpc) is 2.74. The van der Waals surface area contributed by atoms with Crippen LogP contribution in [0.25, 0.3) is 0 Å². The van der Waals surface area contributed by atoms with Crippen LogP contribution in [0.15, 0.2) is 72.9 Å². The third-order valence-electron chi connectivity index (χ3n) is 4.71. The molecule has 0 N–H and O–H groups in total. The van der Waals surface area contributed by atoms with Crippen LogP contribution < -0.4 is 0 Å². The lowest BCUT2D eigenvalue weighted by Gasteiger charge is -2.19. The summed E-state index contributed by atoms with van der Waals surface area (Å²) in [6.45, 7) is 10.5. The molecule has 0 aliphatic carbocycles. The van der Waals surface area contributed by atoms with Gasteiger partial charge >= 0.3 is 5.97 Å². The standard InChI is InChI=1S/C29H46O2/c1-6-8-9-10-11-12-13-14-15-16-17-18-19-20-21-22-23-24-25-27(7-2)26-31-28(30)29(3,4)5/h8-9,11-12,14-15,17-18,20-21,23-24,27H,6-7,10,13,16,19,22,25-26H2,1-5H3/b9-8-,12-11-,15-14-,18-17-,21-20-,24-23-. The van der Waals surface area contributed by atoms with Crippen molar-refractivity contribution in [1.29, 1.82) is 0 Å². The van der Waals surface area contributed by atoms with Crippen LogP contribution in [0.5, 0.6) is 0 Å². The van der Waals surface area contributed by atoms with E-state index in [-0.39, 0.29) is 5.97 Å². The second-order valence-corrected chi connectivity index (χ2v) is 8.77. The monoisotopic (exact) mass is 426 g/mol. The van der Waals surface area contributed by atoms with Gasteiger partial charge in [0.05, 0.1) is 12.0 Å². The number of allylic oxidation sites excluding steroid dienone is 12. The van der Waals surface area contributed by atoms with E-state index in [1.54, 1.807) is 0 Å². The Morgan fingerprint density at radius 3 is 1.42 bits per heavy atom. The molecule has 2 nitrogen and oxygen atoms in total. The average molecular weight is 427 g/mol. The highest BCUT2D eigenvalue weighted by atomic mass is 16.5. The number of carbonyl (C=O) groups excluding carboxylic acids is 1. The van der Waals surface area contributed by atoms with Gasteiger partial charge in [0.1, 0.15) is 0 Å². The summed E-state index contributed by atoms with van der Waals surface area (Å²) in [6, 6.07) is 0. The van der Waals surface area contributed by atoms with Gasteiger partial charge in [-0.05, 0) is 78.1 Å². The molecule has 1 atom stereocenters. The molecule has 31 heavy (non-hydrogen) atoms. The first kappa shape index (κ1) is 28.9. The molecule has 0 aliphatic heterocycles.